The van der Waals surface area contributed by atoms with Crippen LogP contribution >= 0.6 is 36.4 Å². The molecule has 1 aromatic heterocycles. The van der Waals surface area contributed by atoms with Gasteiger partial charge in [0, 0.05) is 37.1 Å². The molecule has 1 aliphatic heterocycles. The molecule has 2 heterocycles. The Hall–Kier alpha value is -1.32. The number of pyridine rings is 1. The highest BCUT2D eigenvalue weighted by molar-refractivity contribution is 6.36. The molecule has 0 aliphatic carbocycles. The Morgan fingerprint density at radius 2 is 1.56 bits per heavy atom. The number of hydrogen-bond acceptors (Lipinski definition) is 2. The minimum atomic E-state index is 0. The van der Waals surface area contributed by atoms with Crippen LogP contribution in [0.15, 0.2) is 54.6 Å². The van der Waals surface area contributed by atoms with Crippen LogP contribution in [-0.2, 0) is 19.4 Å². The van der Waals surface area contributed by atoms with E-state index in [0.29, 0.717) is 0 Å². The standard InChI is InChI=1S/C20H19ClN2.2ClH/c21-20-16-8-4-5-9-18(16)22-19-11-13-23(12-10-17(19)20)14-15-6-2-1-3-7-15;;/h1-9H,10-14H2;2*1H. The third-order valence-corrected chi connectivity index (χ3v) is 5.03. The predicted octanol–water partition coefficient (Wildman–Crippen LogP) is 5.33. The van der Waals surface area contributed by atoms with Crippen LogP contribution in [-0.4, -0.2) is 23.0 Å². The molecule has 0 saturated heterocycles. The average Bonchev–Trinajstić information content (AvgIpc) is 2.79. The minimum Gasteiger partial charge on any atom is -0.298 e. The summed E-state index contributed by atoms with van der Waals surface area (Å²) in [6.07, 6.45) is 1.94. The van der Waals surface area contributed by atoms with Crippen molar-refractivity contribution in [2.45, 2.75) is 19.4 Å². The van der Waals surface area contributed by atoms with Crippen molar-refractivity contribution in [2.75, 3.05) is 13.1 Å². The molecule has 3 aromatic rings. The van der Waals surface area contributed by atoms with Gasteiger partial charge < -0.3 is 0 Å². The van der Waals surface area contributed by atoms with Gasteiger partial charge in [-0.1, -0.05) is 60.1 Å². The lowest BCUT2D eigenvalue weighted by Gasteiger charge is -2.19. The summed E-state index contributed by atoms with van der Waals surface area (Å²) in [5.41, 5.74) is 4.78. The first kappa shape index (κ1) is 20.0. The van der Waals surface area contributed by atoms with Gasteiger partial charge in [0.25, 0.3) is 0 Å². The van der Waals surface area contributed by atoms with Gasteiger partial charge in [-0.3, -0.25) is 9.88 Å². The van der Waals surface area contributed by atoms with Crippen molar-refractivity contribution in [1.82, 2.24) is 9.88 Å². The highest BCUT2D eigenvalue weighted by Crippen LogP contribution is 2.30. The molecule has 0 radical (unpaired) electrons. The Balaban J connectivity index is 0.00000113. The van der Waals surface area contributed by atoms with Gasteiger partial charge in [-0.25, -0.2) is 0 Å². The largest absolute Gasteiger partial charge is 0.298 e. The summed E-state index contributed by atoms with van der Waals surface area (Å²) in [7, 11) is 0. The van der Waals surface area contributed by atoms with Crippen LogP contribution in [0.4, 0.5) is 0 Å². The molecule has 0 bridgehead atoms. The van der Waals surface area contributed by atoms with Gasteiger partial charge in [0.05, 0.1) is 10.5 Å². The number of hydrogen-bond donors (Lipinski definition) is 0. The Kier molecular flexibility index (Phi) is 7.09. The first-order chi connectivity index (χ1) is 11.3. The molecule has 5 heteroatoms. The van der Waals surface area contributed by atoms with E-state index in [2.05, 4.69) is 41.3 Å². The SMILES string of the molecule is Cl.Cl.Clc1c2c(nc3ccccc13)CCN(Cc1ccccc1)CC2. The van der Waals surface area contributed by atoms with E-state index in [-0.39, 0.29) is 24.8 Å². The monoisotopic (exact) mass is 394 g/mol. The quantitative estimate of drug-likeness (QED) is 0.583. The average molecular weight is 396 g/mol. The molecule has 132 valence electrons. The van der Waals surface area contributed by atoms with Crippen molar-refractivity contribution in [3.8, 4) is 0 Å². The first-order valence-electron chi connectivity index (χ1n) is 8.13. The summed E-state index contributed by atoms with van der Waals surface area (Å²) in [6.45, 7) is 3.05. The Bertz CT molecular complexity index is 837. The van der Waals surface area contributed by atoms with E-state index < -0.39 is 0 Å². The number of rotatable bonds is 2. The summed E-state index contributed by atoms with van der Waals surface area (Å²) in [5.74, 6) is 0. The molecule has 0 fully saturated rings. The Morgan fingerprint density at radius 3 is 2.36 bits per heavy atom. The topological polar surface area (TPSA) is 16.1 Å². The molecule has 0 unspecified atom stereocenters. The van der Waals surface area contributed by atoms with Crippen LogP contribution in [0.2, 0.25) is 5.02 Å². The summed E-state index contributed by atoms with van der Waals surface area (Å²) in [6, 6.07) is 18.8. The van der Waals surface area contributed by atoms with Crippen molar-refractivity contribution < 1.29 is 0 Å². The molecule has 2 aromatic carbocycles. The maximum atomic E-state index is 6.68. The zero-order valence-electron chi connectivity index (χ0n) is 13.8. The van der Waals surface area contributed by atoms with Gasteiger partial charge in [0.2, 0.25) is 0 Å². The lowest BCUT2D eigenvalue weighted by Crippen LogP contribution is -2.25. The van der Waals surface area contributed by atoms with E-state index in [1.807, 2.05) is 18.2 Å². The van der Waals surface area contributed by atoms with E-state index in [1.54, 1.807) is 0 Å². The fraction of sp³-hybridized carbons (Fsp3) is 0.250. The number of halogens is 3. The molecule has 0 saturated carbocycles. The van der Waals surface area contributed by atoms with Crippen molar-refractivity contribution >= 4 is 47.3 Å². The molecule has 0 amide bonds. The van der Waals surface area contributed by atoms with Crippen molar-refractivity contribution in [3.63, 3.8) is 0 Å². The van der Waals surface area contributed by atoms with Gasteiger partial charge >= 0.3 is 0 Å². The number of para-hydroxylation sites is 1. The van der Waals surface area contributed by atoms with Crippen LogP contribution in [0.3, 0.4) is 0 Å². The van der Waals surface area contributed by atoms with Crippen molar-refractivity contribution in [3.05, 3.63) is 76.4 Å². The van der Waals surface area contributed by atoms with E-state index in [0.717, 1.165) is 48.4 Å². The van der Waals surface area contributed by atoms with Gasteiger partial charge in [-0.2, -0.15) is 0 Å². The summed E-state index contributed by atoms with van der Waals surface area (Å²) < 4.78 is 0. The molecule has 4 rings (SSSR count). The number of aromatic nitrogens is 1. The zero-order valence-corrected chi connectivity index (χ0v) is 16.2. The van der Waals surface area contributed by atoms with E-state index in [9.17, 15) is 0 Å². The summed E-state index contributed by atoms with van der Waals surface area (Å²) >= 11 is 6.68. The van der Waals surface area contributed by atoms with Gasteiger partial charge in [-0.15, -0.1) is 24.8 Å². The van der Waals surface area contributed by atoms with Crippen LogP contribution in [0.25, 0.3) is 10.9 Å². The maximum absolute atomic E-state index is 6.68. The highest BCUT2D eigenvalue weighted by Gasteiger charge is 2.19. The molecular formula is C20H21Cl3N2. The van der Waals surface area contributed by atoms with Gasteiger partial charge in [0.15, 0.2) is 0 Å². The van der Waals surface area contributed by atoms with Crippen molar-refractivity contribution in [2.24, 2.45) is 0 Å². The normalized spacial score (nSPS) is 14.1. The van der Waals surface area contributed by atoms with Crippen molar-refractivity contribution in [1.29, 1.82) is 0 Å². The predicted molar refractivity (Wildman–Crippen MR) is 110 cm³/mol. The summed E-state index contributed by atoms with van der Waals surface area (Å²) in [4.78, 5) is 7.36. The molecule has 0 spiro atoms. The number of benzene rings is 2. The molecular weight excluding hydrogens is 375 g/mol. The maximum Gasteiger partial charge on any atom is 0.0720 e. The van der Waals surface area contributed by atoms with E-state index in [1.165, 1.54) is 16.8 Å². The second-order valence-electron chi connectivity index (χ2n) is 6.13. The zero-order chi connectivity index (χ0) is 15.6. The smallest absolute Gasteiger partial charge is 0.0720 e. The minimum absolute atomic E-state index is 0. The first-order valence-corrected chi connectivity index (χ1v) is 8.51. The van der Waals surface area contributed by atoms with Crippen LogP contribution in [0.1, 0.15) is 16.8 Å². The molecule has 25 heavy (non-hydrogen) atoms. The number of fused-ring (bicyclic) bond motifs is 2. The molecule has 1 aliphatic rings. The number of nitrogens with zero attached hydrogens (tertiary/aromatic N) is 2. The summed E-state index contributed by atoms with van der Waals surface area (Å²) in [5, 5.41) is 1.97. The molecule has 0 N–H and O–H groups in total. The lowest BCUT2D eigenvalue weighted by molar-refractivity contribution is 0.279. The Labute approximate surface area is 166 Å². The highest BCUT2D eigenvalue weighted by atomic mass is 35.5. The van der Waals surface area contributed by atoms with Crippen LogP contribution in [0.5, 0.6) is 0 Å². The Morgan fingerprint density at radius 1 is 0.880 bits per heavy atom. The fourth-order valence-electron chi connectivity index (χ4n) is 3.37. The van der Waals surface area contributed by atoms with Gasteiger partial charge in [0.1, 0.15) is 0 Å². The van der Waals surface area contributed by atoms with Crippen LogP contribution in [0, 0.1) is 0 Å². The second-order valence-corrected chi connectivity index (χ2v) is 6.51. The van der Waals surface area contributed by atoms with Gasteiger partial charge in [-0.05, 0) is 23.6 Å². The third kappa shape index (κ3) is 4.27. The fourth-order valence-corrected chi connectivity index (χ4v) is 3.73. The third-order valence-electron chi connectivity index (χ3n) is 4.60. The molecule has 0 atom stereocenters. The van der Waals surface area contributed by atoms with E-state index >= 15 is 0 Å². The lowest BCUT2D eigenvalue weighted by atomic mass is 10.1. The second kappa shape index (κ2) is 8.86. The van der Waals surface area contributed by atoms with E-state index in [4.69, 9.17) is 16.6 Å². The van der Waals surface area contributed by atoms with Crippen LogP contribution < -0.4 is 0 Å². The molecule has 2 nitrogen and oxygen atoms in total.